The highest BCUT2D eigenvalue weighted by molar-refractivity contribution is 6.21. The first kappa shape index (κ1) is 29.7. The van der Waals surface area contributed by atoms with E-state index in [4.69, 9.17) is 25.2 Å². The molecule has 2 saturated carbocycles. The first-order chi connectivity index (χ1) is 21.4. The van der Waals surface area contributed by atoms with E-state index in [1.54, 1.807) is 30.3 Å². The van der Waals surface area contributed by atoms with Gasteiger partial charge in [-0.2, -0.15) is 0 Å². The molecule has 3 aliphatic heterocycles. The van der Waals surface area contributed by atoms with Crippen molar-refractivity contribution in [2.45, 2.75) is 79.9 Å². The number of carboxylic acid groups (broad SMARTS) is 2. The van der Waals surface area contributed by atoms with Gasteiger partial charge in [-0.1, -0.05) is 18.2 Å². The molecule has 0 aromatic heterocycles. The molecule has 8 rings (SSSR count). The fourth-order valence-corrected chi connectivity index (χ4v) is 8.50. The van der Waals surface area contributed by atoms with E-state index in [1.807, 2.05) is 6.07 Å². The number of likely N-dealkylation sites (tertiary alicyclic amines) is 1. The number of phenols is 1. The van der Waals surface area contributed by atoms with Gasteiger partial charge in [0.15, 0.2) is 23.7 Å². The van der Waals surface area contributed by atoms with Crippen LogP contribution in [-0.4, -0.2) is 113 Å². The van der Waals surface area contributed by atoms with E-state index in [1.165, 1.54) is 17.7 Å². The number of aliphatic carboxylic acids is 2. The summed E-state index contributed by atoms with van der Waals surface area (Å²) in [5, 5.41) is 55.9. The number of hydrogen-bond donors (Lipinski definition) is 6. The van der Waals surface area contributed by atoms with Gasteiger partial charge in [0.25, 0.3) is 11.8 Å². The van der Waals surface area contributed by atoms with Crippen LogP contribution in [0.2, 0.25) is 0 Å². The van der Waals surface area contributed by atoms with Crippen LogP contribution >= 0.6 is 0 Å². The number of aliphatic hydroxyl groups excluding tert-OH is 2. The Morgan fingerprint density at radius 2 is 1.56 bits per heavy atom. The third kappa shape index (κ3) is 4.14. The Hall–Kier alpha value is -4.04. The Kier molecular flexibility index (Phi) is 6.75. The van der Waals surface area contributed by atoms with E-state index >= 15 is 0 Å². The lowest BCUT2D eigenvalue weighted by molar-refractivity contribution is -0.196. The molecule has 3 heterocycles. The minimum atomic E-state index is -2.27. The van der Waals surface area contributed by atoms with E-state index < -0.39 is 47.3 Å². The highest BCUT2D eigenvalue weighted by atomic mass is 16.5. The van der Waals surface area contributed by atoms with Crippen LogP contribution in [0.25, 0.3) is 0 Å². The molecule has 1 spiro atoms. The van der Waals surface area contributed by atoms with E-state index in [0.717, 1.165) is 36.6 Å². The van der Waals surface area contributed by atoms with Crippen molar-refractivity contribution in [2.24, 2.45) is 5.92 Å². The zero-order valence-electron chi connectivity index (χ0n) is 24.2. The topological polar surface area (TPSA) is 205 Å². The number of fused-ring (bicyclic) bond motifs is 1. The van der Waals surface area contributed by atoms with Crippen molar-refractivity contribution in [3.05, 3.63) is 58.7 Å². The minimum absolute atomic E-state index is 0.0333. The number of aliphatic hydroxyl groups is 3. The van der Waals surface area contributed by atoms with E-state index in [0.29, 0.717) is 36.1 Å². The summed E-state index contributed by atoms with van der Waals surface area (Å²) in [4.78, 5) is 50.3. The fraction of sp³-hybridized carbons (Fsp3) is 0.500. The predicted molar refractivity (Wildman–Crippen MR) is 153 cm³/mol. The molecule has 2 aromatic rings. The van der Waals surface area contributed by atoms with Gasteiger partial charge in [0.05, 0.1) is 28.2 Å². The third-order valence-corrected chi connectivity index (χ3v) is 10.7. The number of carbonyl (C=O) groups excluding carboxylic acids is 2. The molecule has 3 fully saturated rings. The number of rotatable bonds is 6. The minimum Gasteiger partial charge on any atom is -0.504 e. The van der Waals surface area contributed by atoms with Crippen LogP contribution in [0.4, 0.5) is 0 Å². The number of phenolic OH excluding ortho intramolecular Hbond substituents is 1. The summed E-state index contributed by atoms with van der Waals surface area (Å²) in [6, 6.07) is 10.1. The number of piperidine rings is 1. The van der Waals surface area contributed by atoms with Crippen LogP contribution in [0.5, 0.6) is 11.5 Å². The zero-order valence-corrected chi connectivity index (χ0v) is 24.2. The van der Waals surface area contributed by atoms with Crippen molar-refractivity contribution < 1.29 is 54.6 Å². The highest BCUT2D eigenvalue weighted by Gasteiger charge is 2.74. The van der Waals surface area contributed by atoms with Gasteiger partial charge in [-0.05, 0) is 74.8 Å². The van der Waals surface area contributed by atoms with Gasteiger partial charge in [0.2, 0.25) is 0 Å². The summed E-state index contributed by atoms with van der Waals surface area (Å²) in [5.74, 6) is -2.90. The summed E-state index contributed by atoms with van der Waals surface area (Å²) >= 11 is 0. The van der Waals surface area contributed by atoms with E-state index in [2.05, 4.69) is 4.90 Å². The molecule has 3 aliphatic carbocycles. The van der Waals surface area contributed by atoms with Gasteiger partial charge in [0, 0.05) is 18.2 Å². The number of nitrogens with zero attached hydrogens (tertiary/aromatic N) is 2. The Labute approximate surface area is 257 Å². The Balaban J connectivity index is 0.000000284. The number of carbonyl (C=O) groups is 4. The maximum Gasteiger partial charge on any atom is 0.335 e. The van der Waals surface area contributed by atoms with Crippen molar-refractivity contribution in [1.29, 1.82) is 0 Å². The number of carboxylic acids is 2. The van der Waals surface area contributed by atoms with E-state index in [-0.39, 0.29) is 23.6 Å². The molecule has 13 heteroatoms. The van der Waals surface area contributed by atoms with Gasteiger partial charge in [-0.25, -0.2) is 9.59 Å². The molecular weight excluding hydrogens is 588 g/mol. The molecule has 238 valence electrons. The maximum atomic E-state index is 13.5. The molecule has 2 amide bonds. The van der Waals surface area contributed by atoms with Gasteiger partial charge >= 0.3 is 11.9 Å². The molecule has 0 radical (unpaired) electrons. The quantitative estimate of drug-likeness (QED) is 0.244. The molecule has 7 atom stereocenters. The average molecular weight is 623 g/mol. The monoisotopic (exact) mass is 622 g/mol. The summed E-state index contributed by atoms with van der Waals surface area (Å²) in [6.07, 6.45) is -0.227. The average Bonchev–Trinajstić information content (AvgIpc) is 3.71. The van der Waals surface area contributed by atoms with Crippen molar-refractivity contribution in [1.82, 2.24) is 9.80 Å². The van der Waals surface area contributed by atoms with Crippen LogP contribution in [-0.2, 0) is 21.4 Å². The van der Waals surface area contributed by atoms with Crippen LogP contribution in [0.15, 0.2) is 36.4 Å². The lowest BCUT2D eigenvalue weighted by atomic mass is 9.48. The molecule has 1 saturated heterocycles. The molecule has 6 aliphatic rings. The lowest BCUT2D eigenvalue weighted by Gasteiger charge is -2.64. The number of imide groups is 1. The first-order valence-corrected chi connectivity index (χ1v) is 15.2. The van der Waals surface area contributed by atoms with Crippen LogP contribution in [0.1, 0.15) is 63.9 Å². The highest BCUT2D eigenvalue weighted by Crippen LogP contribution is 2.66. The molecule has 2 aromatic carbocycles. The van der Waals surface area contributed by atoms with Gasteiger partial charge < -0.3 is 35.4 Å². The molecule has 2 bridgehead atoms. The van der Waals surface area contributed by atoms with Crippen LogP contribution < -0.4 is 4.74 Å². The molecule has 13 nitrogen and oxygen atoms in total. The smallest absolute Gasteiger partial charge is 0.335 e. The second-order valence-electron chi connectivity index (χ2n) is 13.0. The maximum absolute atomic E-state index is 13.5. The fourth-order valence-electron chi connectivity index (χ4n) is 8.50. The van der Waals surface area contributed by atoms with Crippen LogP contribution in [0.3, 0.4) is 0 Å². The molecular formula is C32H34N2O11. The molecule has 2 unspecified atom stereocenters. The third-order valence-electron chi connectivity index (χ3n) is 10.7. The summed E-state index contributed by atoms with van der Waals surface area (Å²) in [7, 11) is 0. The second kappa shape index (κ2) is 10.2. The molecule has 45 heavy (non-hydrogen) atoms. The predicted octanol–water partition coefficient (Wildman–Crippen LogP) is 0.499. The van der Waals surface area contributed by atoms with Gasteiger partial charge in [-0.15, -0.1) is 0 Å². The van der Waals surface area contributed by atoms with Crippen molar-refractivity contribution in [3.8, 4) is 11.5 Å². The van der Waals surface area contributed by atoms with Crippen molar-refractivity contribution in [3.63, 3.8) is 0 Å². The number of hydrogen-bond acceptors (Lipinski definition) is 10. The normalized spacial score (nSPS) is 32.1. The standard InChI is InChI=1S/C28H28N2O5.C4H6O6/c31-20-8-7-16-13-21-28(34)10-9-19(30-25(32)17-3-1-2-4-18(17)26(30)33)24-27(28,22(16)23(20)35-24)11-12-29(21)14-15-5-6-15;5-1(3(7)8)2(6)4(9)10/h1-4,7-8,15,19,21,24,31,34H,5-6,9-14H2;1-2,5-6H,(H,7,8)(H,9,10)/t19-,21-,24+,27+,28-;/m1./s1. The largest absolute Gasteiger partial charge is 0.504 e. The summed E-state index contributed by atoms with van der Waals surface area (Å²) in [5.41, 5.74) is 1.09. The summed E-state index contributed by atoms with van der Waals surface area (Å²) < 4.78 is 6.55. The van der Waals surface area contributed by atoms with E-state index in [9.17, 15) is 29.4 Å². The number of benzene rings is 2. The molecule has 6 N–H and O–H groups in total. The summed E-state index contributed by atoms with van der Waals surface area (Å²) in [6.45, 7) is 1.85. The Bertz CT molecular complexity index is 1570. The van der Waals surface area contributed by atoms with Crippen molar-refractivity contribution >= 4 is 23.8 Å². The SMILES string of the molecule is O=C(O)C(O)C(O)C(=O)O.O=C1c2ccccc2C(=O)N1[C@@H]1CC[C@@]2(O)[C@H]3Cc4ccc(O)c5c4[C@@]2(CCN3CC2CC2)[C@H]1O5. The zero-order chi connectivity index (χ0) is 32.0. The number of ether oxygens (including phenoxy) is 1. The Morgan fingerprint density at radius 3 is 2.13 bits per heavy atom. The Morgan fingerprint density at radius 1 is 0.933 bits per heavy atom. The first-order valence-electron chi connectivity index (χ1n) is 15.2. The van der Waals surface area contributed by atoms with Gasteiger partial charge in [0.1, 0.15) is 6.10 Å². The number of aromatic hydroxyl groups is 1. The lowest BCUT2D eigenvalue weighted by Crippen LogP contribution is -2.78. The van der Waals surface area contributed by atoms with Crippen molar-refractivity contribution in [2.75, 3.05) is 13.1 Å². The second-order valence-corrected chi connectivity index (χ2v) is 13.0. The van der Waals surface area contributed by atoms with Gasteiger partial charge in [-0.3, -0.25) is 19.4 Å². The van der Waals surface area contributed by atoms with Crippen LogP contribution in [0, 0.1) is 5.92 Å². The number of amides is 2.